The van der Waals surface area contributed by atoms with E-state index >= 15 is 0 Å². The highest BCUT2D eigenvalue weighted by molar-refractivity contribution is 6.05. The van der Waals surface area contributed by atoms with Crippen LogP contribution in [-0.2, 0) is 22.7 Å². The van der Waals surface area contributed by atoms with Crippen LogP contribution in [0.15, 0.2) is 18.2 Å². The molecular weight excluding hydrogens is 356 g/mol. The summed E-state index contributed by atoms with van der Waals surface area (Å²) in [6, 6.07) is 5.22. The maximum Gasteiger partial charge on any atom is 0.255 e. The van der Waals surface area contributed by atoms with E-state index in [0.717, 1.165) is 30.6 Å². The minimum absolute atomic E-state index is 0.118. The molecule has 3 N–H and O–H groups in total. The summed E-state index contributed by atoms with van der Waals surface area (Å²) in [4.78, 5) is 38.1. The second-order valence-electron chi connectivity index (χ2n) is 8.61. The summed E-state index contributed by atoms with van der Waals surface area (Å²) in [5.74, 6) is -0.175. The van der Waals surface area contributed by atoms with Gasteiger partial charge in [-0.2, -0.15) is 0 Å². The molecule has 1 aromatic carbocycles. The van der Waals surface area contributed by atoms with Crippen LogP contribution >= 0.6 is 0 Å². The smallest absolute Gasteiger partial charge is 0.255 e. The summed E-state index contributed by atoms with van der Waals surface area (Å²) >= 11 is 0. The highest BCUT2D eigenvalue weighted by Gasteiger charge is 2.39. The number of piperidine rings is 1. The largest absolute Gasteiger partial charge is 0.322 e. The topological polar surface area (TPSA) is 90.5 Å². The van der Waals surface area contributed by atoms with Crippen molar-refractivity contribution >= 4 is 17.7 Å². The maximum atomic E-state index is 12.9. The third-order valence-electron chi connectivity index (χ3n) is 6.48. The average molecular weight is 384 g/mol. The van der Waals surface area contributed by atoms with Gasteiger partial charge < -0.3 is 15.5 Å². The summed E-state index contributed by atoms with van der Waals surface area (Å²) < 4.78 is 0. The minimum Gasteiger partial charge on any atom is -0.322 e. The molecule has 4 rings (SSSR count). The van der Waals surface area contributed by atoms with Gasteiger partial charge in [-0.1, -0.05) is 12.1 Å². The van der Waals surface area contributed by atoms with Gasteiger partial charge >= 0.3 is 0 Å². The molecule has 0 bridgehead atoms. The van der Waals surface area contributed by atoms with Crippen molar-refractivity contribution in [2.45, 2.75) is 57.8 Å². The van der Waals surface area contributed by atoms with E-state index in [0.29, 0.717) is 31.0 Å². The summed E-state index contributed by atoms with van der Waals surface area (Å²) in [7, 11) is 0. The molecule has 150 valence electrons. The van der Waals surface area contributed by atoms with E-state index in [1.807, 2.05) is 18.2 Å². The van der Waals surface area contributed by atoms with Crippen LogP contribution < -0.4 is 16.0 Å². The summed E-state index contributed by atoms with van der Waals surface area (Å²) in [5, 5.41) is 9.45. The van der Waals surface area contributed by atoms with Gasteiger partial charge in [0.05, 0.1) is 0 Å². The summed E-state index contributed by atoms with van der Waals surface area (Å²) in [5.41, 5.74) is 2.91. The van der Waals surface area contributed by atoms with Crippen molar-refractivity contribution in [1.29, 1.82) is 0 Å². The van der Waals surface area contributed by atoms with E-state index in [1.54, 1.807) is 4.90 Å². The first-order valence-corrected chi connectivity index (χ1v) is 10.1. The van der Waals surface area contributed by atoms with Crippen LogP contribution in [0.3, 0.4) is 0 Å². The van der Waals surface area contributed by atoms with Gasteiger partial charge in [-0.05, 0) is 56.3 Å². The van der Waals surface area contributed by atoms with E-state index in [9.17, 15) is 14.4 Å². The molecule has 3 heterocycles. The van der Waals surface area contributed by atoms with Crippen LogP contribution in [0, 0.1) is 5.92 Å². The summed E-state index contributed by atoms with van der Waals surface area (Å²) in [6.07, 6.45) is 1.83. The standard InChI is InChI=1S/C21H28N4O3/c1-21(2)14(8-9-23-21)11-22-10-13-4-3-5-15-16(13)12-25(20(15)28)17-6-7-18(26)24-19(17)27/h3-5,14,17,22-23H,6-12H2,1-2H3,(H,24,26,27). The van der Waals surface area contributed by atoms with Gasteiger partial charge in [-0.3, -0.25) is 19.7 Å². The molecule has 1 aromatic rings. The fraction of sp³-hybridized carbons (Fsp3) is 0.571. The molecule has 7 nitrogen and oxygen atoms in total. The molecule has 28 heavy (non-hydrogen) atoms. The lowest BCUT2D eigenvalue weighted by Gasteiger charge is -2.29. The summed E-state index contributed by atoms with van der Waals surface area (Å²) in [6.45, 7) is 7.58. The monoisotopic (exact) mass is 384 g/mol. The Bertz CT molecular complexity index is 820. The Hall–Kier alpha value is -2.25. The number of carbonyl (C=O) groups excluding carboxylic acids is 3. The van der Waals surface area contributed by atoms with Gasteiger partial charge in [0.2, 0.25) is 11.8 Å². The Balaban J connectivity index is 1.44. The molecule has 2 saturated heterocycles. The number of carbonyl (C=O) groups is 3. The Morgan fingerprint density at radius 1 is 1.21 bits per heavy atom. The van der Waals surface area contributed by atoms with Gasteiger partial charge in [-0.15, -0.1) is 0 Å². The molecule has 0 saturated carbocycles. The molecule has 2 atom stereocenters. The number of nitrogens with zero attached hydrogens (tertiary/aromatic N) is 1. The van der Waals surface area contributed by atoms with Crippen LogP contribution in [0.4, 0.5) is 0 Å². The molecule has 3 amide bonds. The number of imide groups is 1. The predicted octanol–water partition coefficient (Wildman–Crippen LogP) is 0.925. The molecule has 0 radical (unpaired) electrons. The van der Waals surface area contributed by atoms with Crippen molar-refractivity contribution < 1.29 is 14.4 Å². The van der Waals surface area contributed by atoms with Crippen LogP contribution in [0.1, 0.15) is 54.6 Å². The number of nitrogens with one attached hydrogen (secondary N) is 3. The predicted molar refractivity (Wildman–Crippen MR) is 104 cm³/mol. The third kappa shape index (κ3) is 3.44. The SMILES string of the molecule is CC1(C)NCCC1CNCc1cccc2c1CN(C1CCC(=O)NC1=O)C2=O. The number of fused-ring (bicyclic) bond motifs is 1. The first-order valence-electron chi connectivity index (χ1n) is 10.1. The zero-order chi connectivity index (χ0) is 19.9. The van der Waals surface area contributed by atoms with Gasteiger partial charge in [0, 0.05) is 37.2 Å². The molecule has 7 heteroatoms. The van der Waals surface area contributed by atoms with E-state index in [2.05, 4.69) is 29.8 Å². The van der Waals surface area contributed by atoms with Crippen molar-refractivity contribution in [2.24, 2.45) is 5.92 Å². The molecule has 3 aliphatic rings. The van der Waals surface area contributed by atoms with E-state index < -0.39 is 6.04 Å². The zero-order valence-electron chi connectivity index (χ0n) is 16.5. The van der Waals surface area contributed by atoms with Crippen LogP contribution in [0.2, 0.25) is 0 Å². The van der Waals surface area contributed by atoms with Gasteiger partial charge in [0.15, 0.2) is 0 Å². The van der Waals surface area contributed by atoms with Crippen LogP contribution in [0.25, 0.3) is 0 Å². The fourth-order valence-corrected chi connectivity index (χ4v) is 4.63. The molecule has 0 aliphatic carbocycles. The van der Waals surface area contributed by atoms with E-state index in [4.69, 9.17) is 0 Å². The van der Waals surface area contributed by atoms with Crippen LogP contribution in [-0.4, -0.2) is 47.3 Å². The minimum atomic E-state index is -0.566. The second kappa shape index (κ2) is 7.29. The highest BCUT2D eigenvalue weighted by Crippen LogP contribution is 2.30. The molecule has 2 fully saturated rings. The number of hydrogen-bond donors (Lipinski definition) is 3. The van der Waals surface area contributed by atoms with E-state index in [-0.39, 0.29) is 29.7 Å². The van der Waals surface area contributed by atoms with Crippen molar-refractivity contribution in [3.05, 3.63) is 34.9 Å². The molecule has 3 aliphatic heterocycles. The maximum absolute atomic E-state index is 12.9. The van der Waals surface area contributed by atoms with Crippen molar-refractivity contribution in [3.8, 4) is 0 Å². The highest BCUT2D eigenvalue weighted by atomic mass is 16.2. The number of rotatable bonds is 5. The van der Waals surface area contributed by atoms with Crippen molar-refractivity contribution in [1.82, 2.24) is 20.9 Å². The lowest BCUT2D eigenvalue weighted by Crippen LogP contribution is -2.52. The number of hydrogen-bond acceptors (Lipinski definition) is 5. The second-order valence-corrected chi connectivity index (χ2v) is 8.61. The van der Waals surface area contributed by atoms with Crippen LogP contribution in [0.5, 0.6) is 0 Å². The lowest BCUT2D eigenvalue weighted by atomic mass is 9.89. The Morgan fingerprint density at radius 3 is 2.75 bits per heavy atom. The normalized spacial score (nSPS) is 26.5. The Morgan fingerprint density at radius 2 is 2.04 bits per heavy atom. The number of amides is 3. The van der Waals surface area contributed by atoms with E-state index in [1.165, 1.54) is 0 Å². The Labute approximate surface area is 165 Å². The average Bonchev–Trinajstić information content (AvgIpc) is 3.15. The first-order chi connectivity index (χ1) is 13.4. The quantitative estimate of drug-likeness (QED) is 0.657. The Kier molecular flexibility index (Phi) is 4.97. The van der Waals surface area contributed by atoms with Crippen molar-refractivity contribution in [3.63, 3.8) is 0 Å². The van der Waals surface area contributed by atoms with Gasteiger partial charge in [0.25, 0.3) is 5.91 Å². The first kappa shape index (κ1) is 19.1. The molecule has 0 spiro atoms. The van der Waals surface area contributed by atoms with Gasteiger partial charge in [-0.25, -0.2) is 0 Å². The molecule has 2 unspecified atom stereocenters. The fourth-order valence-electron chi connectivity index (χ4n) is 4.63. The number of benzene rings is 1. The van der Waals surface area contributed by atoms with Crippen molar-refractivity contribution in [2.75, 3.05) is 13.1 Å². The zero-order valence-corrected chi connectivity index (χ0v) is 16.5. The lowest BCUT2D eigenvalue weighted by molar-refractivity contribution is -0.136. The molecule has 0 aromatic heterocycles. The van der Waals surface area contributed by atoms with Gasteiger partial charge in [0.1, 0.15) is 6.04 Å². The third-order valence-corrected chi connectivity index (χ3v) is 6.48. The molecular formula is C21H28N4O3.